The highest BCUT2D eigenvalue weighted by Crippen LogP contribution is 2.20. The fourth-order valence-corrected chi connectivity index (χ4v) is 2.96. The smallest absolute Gasteiger partial charge is 0.257 e. The highest BCUT2D eigenvalue weighted by atomic mass is 16.3. The molecule has 8 heteroatoms. The summed E-state index contributed by atoms with van der Waals surface area (Å²) in [5.41, 5.74) is 2.67. The maximum absolute atomic E-state index is 12.8. The lowest BCUT2D eigenvalue weighted by Crippen LogP contribution is -2.38. The normalized spacial score (nSPS) is 15.4. The van der Waals surface area contributed by atoms with Crippen LogP contribution in [0.1, 0.15) is 46.9 Å². The van der Waals surface area contributed by atoms with Gasteiger partial charge in [-0.25, -0.2) is 0 Å². The summed E-state index contributed by atoms with van der Waals surface area (Å²) in [6.45, 7) is 5.91. The van der Waals surface area contributed by atoms with Gasteiger partial charge in [0.25, 0.3) is 5.91 Å². The van der Waals surface area contributed by atoms with Crippen LogP contribution in [0.3, 0.4) is 0 Å². The van der Waals surface area contributed by atoms with Crippen molar-refractivity contribution in [2.45, 2.75) is 46.0 Å². The number of fused-ring (bicyclic) bond motifs is 1. The van der Waals surface area contributed by atoms with Gasteiger partial charge in [-0.1, -0.05) is 6.92 Å². The van der Waals surface area contributed by atoms with E-state index in [1.165, 1.54) is 0 Å². The molecule has 1 aliphatic heterocycles. The maximum atomic E-state index is 12.8. The van der Waals surface area contributed by atoms with Gasteiger partial charge in [-0.2, -0.15) is 10.2 Å². The van der Waals surface area contributed by atoms with E-state index < -0.39 is 6.10 Å². The number of rotatable bonds is 5. The molecule has 0 aliphatic carbocycles. The minimum atomic E-state index is -0.984. The quantitative estimate of drug-likeness (QED) is 0.830. The molecule has 0 radical (unpaired) electrons. The van der Waals surface area contributed by atoms with Crippen LogP contribution in [0.2, 0.25) is 0 Å². The molecule has 0 saturated heterocycles. The summed E-state index contributed by atoms with van der Waals surface area (Å²) in [5, 5.41) is 27.4. The lowest BCUT2D eigenvalue weighted by Gasteiger charge is -2.27. The summed E-state index contributed by atoms with van der Waals surface area (Å²) >= 11 is 0. The summed E-state index contributed by atoms with van der Waals surface area (Å²) in [6.07, 6.45) is 1.79. The zero-order valence-electron chi connectivity index (χ0n) is 14.0. The fraction of sp³-hybridized carbons (Fsp3) is 0.562. The predicted molar refractivity (Wildman–Crippen MR) is 86.3 cm³/mol. The Bertz CT molecular complexity index is 736. The summed E-state index contributed by atoms with van der Waals surface area (Å²) < 4.78 is 3.60. The Balaban J connectivity index is 1.77. The average Bonchev–Trinajstić information content (AvgIpc) is 3.16. The van der Waals surface area contributed by atoms with Crippen LogP contribution in [0.25, 0.3) is 0 Å². The lowest BCUT2D eigenvalue weighted by atomic mass is 10.2. The number of aliphatic hydroxyl groups is 2. The van der Waals surface area contributed by atoms with Crippen molar-refractivity contribution in [2.75, 3.05) is 13.2 Å². The summed E-state index contributed by atoms with van der Waals surface area (Å²) in [6, 6.07) is 1.74. The first-order valence-electron chi connectivity index (χ1n) is 8.22. The highest BCUT2D eigenvalue weighted by Gasteiger charge is 2.26. The third-order valence-electron chi connectivity index (χ3n) is 4.25. The molecule has 1 unspecified atom stereocenters. The molecule has 1 aliphatic rings. The number of carbonyl (C=O) groups excluding carboxylic acids is 1. The molecule has 0 spiro atoms. The van der Waals surface area contributed by atoms with Gasteiger partial charge in [-0.05, 0) is 19.4 Å². The molecule has 8 nitrogen and oxygen atoms in total. The molecule has 1 atom stereocenters. The van der Waals surface area contributed by atoms with E-state index in [0.717, 1.165) is 24.4 Å². The van der Waals surface area contributed by atoms with Crippen molar-refractivity contribution in [1.29, 1.82) is 0 Å². The third-order valence-corrected chi connectivity index (χ3v) is 4.25. The van der Waals surface area contributed by atoms with Crippen molar-refractivity contribution in [2.24, 2.45) is 0 Å². The van der Waals surface area contributed by atoms with Crippen LogP contribution in [0, 0.1) is 6.92 Å². The molecule has 130 valence electrons. The van der Waals surface area contributed by atoms with E-state index >= 15 is 0 Å². The molecular formula is C16H23N5O3. The first-order valence-corrected chi connectivity index (χ1v) is 8.22. The number of aryl methyl sites for hydroxylation is 2. The first-order chi connectivity index (χ1) is 11.5. The maximum Gasteiger partial charge on any atom is 0.257 e. The van der Waals surface area contributed by atoms with E-state index in [1.807, 2.05) is 17.8 Å². The number of amides is 1. The first kappa shape index (κ1) is 16.7. The van der Waals surface area contributed by atoms with Gasteiger partial charge in [-0.15, -0.1) is 0 Å². The molecule has 3 heterocycles. The lowest BCUT2D eigenvalue weighted by molar-refractivity contribution is 0.0704. The molecule has 24 heavy (non-hydrogen) atoms. The number of carbonyl (C=O) groups is 1. The zero-order valence-corrected chi connectivity index (χ0v) is 14.0. The molecule has 1 amide bonds. The minimum absolute atomic E-state index is 0.0356. The SMILES string of the molecule is CCCn1cc(C(=O)N2CCn3nc(C(O)CO)cc3C2)c(C)n1. The van der Waals surface area contributed by atoms with E-state index in [-0.39, 0.29) is 12.5 Å². The van der Waals surface area contributed by atoms with Crippen molar-refractivity contribution >= 4 is 5.91 Å². The van der Waals surface area contributed by atoms with Crippen LogP contribution >= 0.6 is 0 Å². The van der Waals surface area contributed by atoms with Crippen LogP contribution in [-0.2, 0) is 19.6 Å². The average molecular weight is 333 g/mol. The minimum Gasteiger partial charge on any atom is -0.393 e. The van der Waals surface area contributed by atoms with Crippen molar-refractivity contribution in [1.82, 2.24) is 24.5 Å². The Morgan fingerprint density at radius 2 is 2.17 bits per heavy atom. The number of aliphatic hydroxyl groups excluding tert-OH is 2. The van der Waals surface area contributed by atoms with E-state index in [1.54, 1.807) is 15.6 Å². The van der Waals surface area contributed by atoms with Gasteiger partial charge in [0.2, 0.25) is 0 Å². The molecule has 2 aromatic heterocycles. The summed E-state index contributed by atoms with van der Waals surface area (Å²) in [4.78, 5) is 14.6. The molecule has 2 N–H and O–H groups in total. The third kappa shape index (κ3) is 3.07. The Hall–Kier alpha value is -2.19. The van der Waals surface area contributed by atoms with Crippen LogP contribution in [0.5, 0.6) is 0 Å². The fourth-order valence-electron chi connectivity index (χ4n) is 2.96. The molecule has 2 aromatic rings. The predicted octanol–water partition coefficient (Wildman–Crippen LogP) is 0.480. The van der Waals surface area contributed by atoms with Crippen LogP contribution < -0.4 is 0 Å². The highest BCUT2D eigenvalue weighted by molar-refractivity contribution is 5.95. The zero-order chi connectivity index (χ0) is 17.3. The Labute approximate surface area is 140 Å². The molecule has 0 saturated carbocycles. The monoisotopic (exact) mass is 333 g/mol. The summed E-state index contributed by atoms with van der Waals surface area (Å²) in [5.74, 6) is -0.0356. The van der Waals surface area contributed by atoms with Crippen molar-refractivity contribution in [3.8, 4) is 0 Å². The Kier molecular flexibility index (Phi) is 4.68. The van der Waals surface area contributed by atoms with Crippen molar-refractivity contribution < 1.29 is 15.0 Å². The molecule has 0 bridgehead atoms. The second-order valence-corrected chi connectivity index (χ2v) is 6.10. The number of aromatic nitrogens is 4. The van der Waals surface area contributed by atoms with E-state index in [0.29, 0.717) is 30.9 Å². The van der Waals surface area contributed by atoms with E-state index in [4.69, 9.17) is 5.11 Å². The summed E-state index contributed by atoms with van der Waals surface area (Å²) in [7, 11) is 0. The van der Waals surface area contributed by atoms with Gasteiger partial charge in [-0.3, -0.25) is 14.2 Å². The molecule has 0 aromatic carbocycles. The topological polar surface area (TPSA) is 96.4 Å². The van der Waals surface area contributed by atoms with Gasteiger partial charge < -0.3 is 15.1 Å². The Morgan fingerprint density at radius 1 is 1.38 bits per heavy atom. The van der Waals surface area contributed by atoms with Crippen LogP contribution in [0.15, 0.2) is 12.3 Å². The molecular weight excluding hydrogens is 310 g/mol. The number of nitrogens with zero attached hydrogens (tertiary/aromatic N) is 5. The van der Waals surface area contributed by atoms with Crippen molar-refractivity contribution in [3.05, 3.63) is 34.9 Å². The second-order valence-electron chi connectivity index (χ2n) is 6.10. The van der Waals surface area contributed by atoms with Gasteiger partial charge in [0.1, 0.15) is 6.10 Å². The standard InChI is InChI=1S/C16H23N5O3/c1-3-4-20-9-13(11(2)17-20)16(24)19-5-6-21-12(8-19)7-14(18-21)15(23)10-22/h7,9,15,22-23H,3-6,8,10H2,1-2H3. The van der Waals surface area contributed by atoms with Gasteiger partial charge in [0.05, 0.1) is 42.3 Å². The van der Waals surface area contributed by atoms with Gasteiger partial charge in [0.15, 0.2) is 0 Å². The number of hydrogen-bond donors (Lipinski definition) is 2. The van der Waals surface area contributed by atoms with Crippen LogP contribution in [-0.4, -0.2) is 53.7 Å². The van der Waals surface area contributed by atoms with E-state index in [9.17, 15) is 9.90 Å². The van der Waals surface area contributed by atoms with Crippen LogP contribution in [0.4, 0.5) is 0 Å². The second kappa shape index (κ2) is 6.74. The molecule has 0 fully saturated rings. The Morgan fingerprint density at radius 3 is 2.88 bits per heavy atom. The van der Waals surface area contributed by atoms with Gasteiger partial charge in [0, 0.05) is 19.3 Å². The van der Waals surface area contributed by atoms with Crippen molar-refractivity contribution in [3.63, 3.8) is 0 Å². The largest absolute Gasteiger partial charge is 0.393 e. The van der Waals surface area contributed by atoms with E-state index in [2.05, 4.69) is 17.1 Å². The number of hydrogen-bond acceptors (Lipinski definition) is 5. The van der Waals surface area contributed by atoms with Gasteiger partial charge >= 0.3 is 0 Å². The molecule has 3 rings (SSSR count).